The van der Waals surface area contributed by atoms with Crippen LogP contribution in [0.3, 0.4) is 0 Å². The van der Waals surface area contributed by atoms with Crippen molar-refractivity contribution in [3.63, 3.8) is 0 Å². The molecule has 2 unspecified atom stereocenters. The molecule has 1 aliphatic heterocycles. The Hall–Kier alpha value is -3.98. The van der Waals surface area contributed by atoms with Gasteiger partial charge in [0.15, 0.2) is 5.13 Å². The van der Waals surface area contributed by atoms with Gasteiger partial charge in [0.2, 0.25) is 0 Å². The number of carbonyl (C=O) groups excluding carboxylic acids is 3. The van der Waals surface area contributed by atoms with Gasteiger partial charge in [-0.25, -0.2) is 9.78 Å². The van der Waals surface area contributed by atoms with Crippen molar-refractivity contribution in [2.75, 3.05) is 18.1 Å². The van der Waals surface area contributed by atoms with E-state index in [1.807, 2.05) is 51.1 Å². The van der Waals surface area contributed by atoms with Gasteiger partial charge in [-0.2, -0.15) is 0 Å². The van der Waals surface area contributed by atoms with E-state index >= 15 is 0 Å². The first-order valence-corrected chi connectivity index (χ1v) is 13.7. The number of rotatable bonds is 9. The maximum absolute atomic E-state index is 13.5. The second-order valence-corrected chi connectivity index (χ2v) is 10.7. The van der Waals surface area contributed by atoms with Crippen molar-refractivity contribution in [1.29, 1.82) is 0 Å². The van der Waals surface area contributed by atoms with Crippen molar-refractivity contribution in [3.8, 4) is 5.75 Å². The van der Waals surface area contributed by atoms with Crippen LogP contribution in [0, 0.1) is 12.8 Å². The van der Waals surface area contributed by atoms with Crippen LogP contribution < -0.4 is 9.64 Å². The van der Waals surface area contributed by atoms with E-state index in [2.05, 4.69) is 4.98 Å². The third kappa shape index (κ3) is 5.73. The molecule has 3 aromatic rings. The number of carbonyl (C=O) groups is 3. The number of aryl methyl sites for hydroxylation is 1. The number of anilines is 1. The fourth-order valence-electron chi connectivity index (χ4n) is 4.48. The van der Waals surface area contributed by atoms with Crippen LogP contribution in [-0.2, 0) is 14.3 Å². The Labute approximate surface area is 231 Å². The standard InChI is InChI=1S/C30H32N2O6S/c1-6-37-29(36)27-19(5)31-30(39-27)32-24(18(4)20-10-8-7-9-11-20)23(26(34)28(32)35)25(33)21-12-14-22(15-13-21)38-16-17(2)3/h7-15,17-18,24,33H,6,16H2,1-5H3/b25-23+. The highest BCUT2D eigenvalue weighted by atomic mass is 32.1. The molecule has 2 atom stereocenters. The van der Waals surface area contributed by atoms with Gasteiger partial charge in [-0.05, 0) is 49.6 Å². The highest BCUT2D eigenvalue weighted by Crippen LogP contribution is 2.42. The van der Waals surface area contributed by atoms with Gasteiger partial charge in [-0.3, -0.25) is 14.5 Å². The lowest BCUT2D eigenvalue weighted by molar-refractivity contribution is -0.132. The summed E-state index contributed by atoms with van der Waals surface area (Å²) in [5.41, 5.74) is 1.64. The molecule has 1 saturated heterocycles. The van der Waals surface area contributed by atoms with Gasteiger partial charge in [-0.15, -0.1) is 0 Å². The summed E-state index contributed by atoms with van der Waals surface area (Å²) in [4.78, 5) is 45.4. The van der Waals surface area contributed by atoms with E-state index in [0.717, 1.165) is 16.9 Å². The zero-order valence-electron chi connectivity index (χ0n) is 22.6. The molecule has 2 aromatic carbocycles. The van der Waals surface area contributed by atoms with E-state index in [1.54, 1.807) is 38.1 Å². The van der Waals surface area contributed by atoms with E-state index in [0.29, 0.717) is 29.5 Å². The fourth-order valence-corrected chi connectivity index (χ4v) is 5.47. The van der Waals surface area contributed by atoms with Crippen molar-refractivity contribution in [3.05, 3.63) is 81.9 Å². The lowest BCUT2D eigenvalue weighted by Gasteiger charge is -2.28. The van der Waals surface area contributed by atoms with Gasteiger partial charge in [-0.1, -0.05) is 62.4 Å². The lowest BCUT2D eigenvalue weighted by atomic mass is 9.87. The predicted molar refractivity (Wildman–Crippen MR) is 150 cm³/mol. The summed E-state index contributed by atoms with van der Waals surface area (Å²) in [6.07, 6.45) is 0. The normalized spacial score (nSPS) is 17.5. The summed E-state index contributed by atoms with van der Waals surface area (Å²) in [5.74, 6) is -1.84. The molecule has 0 spiro atoms. The summed E-state index contributed by atoms with van der Waals surface area (Å²) < 4.78 is 10.9. The number of aromatic nitrogens is 1. The first-order chi connectivity index (χ1) is 18.6. The van der Waals surface area contributed by atoms with E-state index in [4.69, 9.17) is 9.47 Å². The average molecular weight is 549 g/mol. The van der Waals surface area contributed by atoms with Crippen molar-refractivity contribution >= 4 is 39.9 Å². The molecule has 204 valence electrons. The molecule has 0 radical (unpaired) electrons. The van der Waals surface area contributed by atoms with E-state index in [-0.39, 0.29) is 33.9 Å². The number of ether oxygens (including phenoxy) is 2. The quantitative estimate of drug-likeness (QED) is 0.158. The summed E-state index contributed by atoms with van der Waals surface area (Å²) in [6, 6.07) is 15.4. The van der Waals surface area contributed by atoms with Crippen LogP contribution in [0.1, 0.15) is 60.1 Å². The molecular weight excluding hydrogens is 516 g/mol. The lowest BCUT2D eigenvalue weighted by Crippen LogP contribution is -2.37. The minimum atomic E-state index is -0.857. The maximum Gasteiger partial charge on any atom is 0.350 e. The van der Waals surface area contributed by atoms with Crippen LogP contribution in [0.4, 0.5) is 5.13 Å². The summed E-state index contributed by atoms with van der Waals surface area (Å²) in [5, 5.41) is 11.6. The summed E-state index contributed by atoms with van der Waals surface area (Å²) >= 11 is 0.993. The predicted octanol–water partition coefficient (Wildman–Crippen LogP) is 5.72. The molecule has 8 nitrogen and oxygen atoms in total. The van der Waals surface area contributed by atoms with Crippen molar-refractivity contribution < 1.29 is 29.0 Å². The average Bonchev–Trinajstić information content (AvgIpc) is 3.44. The third-order valence-electron chi connectivity index (χ3n) is 6.45. The molecular formula is C30H32N2O6S. The largest absolute Gasteiger partial charge is 0.507 e. The number of Topliss-reactive ketones (excluding diaryl/α,β-unsaturated/α-hetero) is 1. The Morgan fingerprint density at radius 3 is 2.36 bits per heavy atom. The maximum atomic E-state index is 13.5. The zero-order valence-corrected chi connectivity index (χ0v) is 23.5. The molecule has 2 heterocycles. The SMILES string of the molecule is CCOC(=O)c1sc(N2C(=O)C(=O)/C(=C(/O)c3ccc(OCC(C)C)cc3)C2C(C)c2ccccc2)nc1C. The molecule has 0 saturated carbocycles. The molecule has 1 N–H and O–H groups in total. The van der Waals surface area contributed by atoms with Gasteiger partial charge in [0, 0.05) is 11.5 Å². The number of ketones is 1. The highest BCUT2D eigenvalue weighted by Gasteiger charge is 2.50. The zero-order chi connectivity index (χ0) is 28.3. The number of benzene rings is 2. The Kier molecular flexibility index (Phi) is 8.50. The number of aliphatic hydroxyl groups excluding tert-OH is 1. The van der Waals surface area contributed by atoms with Crippen molar-refractivity contribution in [2.24, 2.45) is 5.92 Å². The van der Waals surface area contributed by atoms with E-state index in [9.17, 15) is 19.5 Å². The molecule has 9 heteroatoms. The van der Waals surface area contributed by atoms with E-state index < -0.39 is 23.7 Å². The number of hydrogen-bond acceptors (Lipinski definition) is 8. The van der Waals surface area contributed by atoms with E-state index in [1.165, 1.54) is 4.90 Å². The van der Waals surface area contributed by atoms with Crippen molar-refractivity contribution in [1.82, 2.24) is 4.98 Å². The van der Waals surface area contributed by atoms with Crippen LogP contribution in [0.2, 0.25) is 0 Å². The molecule has 0 bridgehead atoms. The smallest absolute Gasteiger partial charge is 0.350 e. The molecule has 1 aromatic heterocycles. The number of nitrogens with zero attached hydrogens (tertiary/aromatic N) is 2. The molecule has 1 aliphatic rings. The first kappa shape index (κ1) is 28.0. The number of esters is 1. The molecule has 0 aliphatic carbocycles. The van der Waals surface area contributed by atoms with Crippen LogP contribution in [0.25, 0.3) is 5.76 Å². The van der Waals surface area contributed by atoms with Gasteiger partial charge in [0.1, 0.15) is 16.4 Å². The number of hydrogen-bond donors (Lipinski definition) is 1. The monoisotopic (exact) mass is 548 g/mol. The van der Waals surface area contributed by atoms with Gasteiger partial charge in [0.25, 0.3) is 5.78 Å². The molecule has 4 rings (SSSR count). The Balaban J connectivity index is 1.81. The minimum Gasteiger partial charge on any atom is -0.507 e. The molecule has 1 amide bonds. The Morgan fingerprint density at radius 1 is 1.08 bits per heavy atom. The summed E-state index contributed by atoms with van der Waals surface area (Å²) in [6.45, 7) is 10.1. The highest BCUT2D eigenvalue weighted by molar-refractivity contribution is 7.17. The van der Waals surface area contributed by atoms with Gasteiger partial charge >= 0.3 is 11.9 Å². The minimum absolute atomic E-state index is 0.0160. The number of aliphatic hydroxyl groups is 1. The van der Waals surface area contributed by atoms with Crippen LogP contribution in [-0.4, -0.2) is 47.0 Å². The topological polar surface area (TPSA) is 106 Å². The van der Waals surface area contributed by atoms with Gasteiger partial charge in [0.05, 0.1) is 30.5 Å². The van der Waals surface area contributed by atoms with Crippen molar-refractivity contribution in [2.45, 2.75) is 46.6 Å². The second kappa shape index (κ2) is 11.8. The summed E-state index contributed by atoms with van der Waals surface area (Å²) in [7, 11) is 0. The fraction of sp³-hybridized carbons (Fsp3) is 0.333. The molecule has 39 heavy (non-hydrogen) atoms. The van der Waals surface area contributed by atoms with Gasteiger partial charge < -0.3 is 14.6 Å². The van der Waals surface area contributed by atoms with Crippen LogP contribution >= 0.6 is 11.3 Å². The number of amides is 1. The van der Waals surface area contributed by atoms with Crippen LogP contribution in [0.15, 0.2) is 60.2 Å². The Morgan fingerprint density at radius 2 is 1.74 bits per heavy atom. The third-order valence-corrected chi connectivity index (χ3v) is 7.59. The molecule has 1 fully saturated rings. The first-order valence-electron chi connectivity index (χ1n) is 12.9. The number of thiazole rings is 1. The Bertz CT molecular complexity index is 1390. The van der Waals surface area contributed by atoms with Crippen LogP contribution in [0.5, 0.6) is 5.75 Å². The second-order valence-electron chi connectivity index (χ2n) is 9.77.